The molecule has 1 aromatic rings. The normalized spacial score (nSPS) is 17.8. The van der Waals surface area contributed by atoms with Gasteiger partial charge in [-0.3, -0.25) is 0 Å². The van der Waals surface area contributed by atoms with E-state index >= 15 is 0 Å². The number of halogens is 1. The predicted octanol–water partition coefficient (Wildman–Crippen LogP) is 4.60. The Kier molecular flexibility index (Phi) is 4.63. The molecule has 1 aliphatic carbocycles. The van der Waals surface area contributed by atoms with E-state index in [4.69, 9.17) is 0 Å². The fourth-order valence-electron chi connectivity index (χ4n) is 2.57. The molecular weight excluding hydrogens is 274 g/mol. The van der Waals surface area contributed by atoms with Crippen LogP contribution in [0.15, 0.2) is 22.7 Å². The zero-order valence-corrected chi connectivity index (χ0v) is 12.4. The van der Waals surface area contributed by atoms with Crippen LogP contribution < -0.4 is 5.32 Å². The van der Waals surface area contributed by atoms with Gasteiger partial charge in [0.25, 0.3) is 0 Å². The Morgan fingerprint density at radius 2 is 2.12 bits per heavy atom. The molecule has 1 aliphatic rings. The smallest absolute Gasteiger partial charge is 0.0349 e. The Morgan fingerprint density at radius 1 is 1.35 bits per heavy atom. The van der Waals surface area contributed by atoms with Crippen molar-refractivity contribution in [3.05, 3.63) is 33.8 Å². The van der Waals surface area contributed by atoms with Crippen LogP contribution in [-0.4, -0.2) is 6.54 Å². The zero-order valence-electron chi connectivity index (χ0n) is 10.8. The molecule has 0 saturated heterocycles. The van der Waals surface area contributed by atoms with Crippen LogP contribution in [0, 0.1) is 12.8 Å². The van der Waals surface area contributed by atoms with Crippen LogP contribution in [0.25, 0.3) is 0 Å². The molecule has 2 rings (SSSR count). The van der Waals surface area contributed by atoms with Crippen molar-refractivity contribution in [2.75, 3.05) is 6.54 Å². The summed E-state index contributed by atoms with van der Waals surface area (Å²) in [5, 5.41) is 3.72. The summed E-state index contributed by atoms with van der Waals surface area (Å²) >= 11 is 3.61. The largest absolute Gasteiger partial charge is 0.310 e. The van der Waals surface area contributed by atoms with Gasteiger partial charge in [-0.2, -0.15) is 0 Å². The third kappa shape index (κ3) is 3.32. The topological polar surface area (TPSA) is 12.0 Å². The third-order valence-corrected chi connectivity index (χ3v) is 4.12. The molecule has 0 radical (unpaired) electrons. The average molecular weight is 296 g/mol. The molecule has 0 heterocycles. The number of benzene rings is 1. The SMILES string of the molecule is CCCNC(c1cc(C)cc(Br)c1)C1CCC1. The second kappa shape index (κ2) is 6.01. The molecule has 1 atom stereocenters. The van der Waals surface area contributed by atoms with E-state index in [1.54, 1.807) is 0 Å². The molecule has 0 bridgehead atoms. The van der Waals surface area contributed by atoms with E-state index in [1.807, 2.05) is 0 Å². The number of nitrogens with one attached hydrogen (secondary N) is 1. The quantitative estimate of drug-likeness (QED) is 0.837. The van der Waals surface area contributed by atoms with Gasteiger partial charge in [0.2, 0.25) is 0 Å². The summed E-state index contributed by atoms with van der Waals surface area (Å²) in [5.74, 6) is 0.843. The maximum absolute atomic E-state index is 3.72. The lowest BCUT2D eigenvalue weighted by Crippen LogP contribution is -2.32. The Bertz CT molecular complexity index is 351. The van der Waals surface area contributed by atoms with E-state index in [0.717, 1.165) is 12.5 Å². The van der Waals surface area contributed by atoms with Gasteiger partial charge in [0.15, 0.2) is 0 Å². The summed E-state index contributed by atoms with van der Waals surface area (Å²) in [4.78, 5) is 0. The minimum atomic E-state index is 0.555. The van der Waals surface area contributed by atoms with Gasteiger partial charge in [-0.15, -0.1) is 0 Å². The van der Waals surface area contributed by atoms with Crippen molar-refractivity contribution in [3.63, 3.8) is 0 Å². The minimum absolute atomic E-state index is 0.555. The number of hydrogen-bond acceptors (Lipinski definition) is 1. The molecule has 1 N–H and O–H groups in total. The molecule has 1 fully saturated rings. The molecule has 17 heavy (non-hydrogen) atoms. The van der Waals surface area contributed by atoms with Crippen LogP contribution in [-0.2, 0) is 0 Å². The summed E-state index contributed by atoms with van der Waals surface area (Å²) in [7, 11) is 0. The van der Waals surface area contributed by atoms with Crippen LogP contribution >= 0.6 is 15.9 Å². The first-order chi connectivity index (χ1) is 8.20. The van der Waals surface area contributed by atoms with Crippen LogP contribution in [0.5, 0.6) is 0 Å². The molecule has 1 nitrogen and oxygen atoms in total. The summed E-state index contributed by atoms with van der Waals surface area (Å²) < 4.78 is 1.20. The van der Waals surface area contributed by atoms with Crippen LogP contribution in [0.2, 0.25) is 0 Å². The molecule has 2 heteroatoms. The second-order valence-corrected chi connectivity index (χ2v) is 6.10. The summed E-state index contributed by atoms with van der Waals surface area (Å²) in [6.45, 7) is 5.52. The van der Waals surface area contributed by atoms with E-state index in [-0.39, 0.29) is 0 Å². The molecule has 0 aliphatic heterocycles. The first kappa shape index (κ1) is 13.1. The van der Waals surface area contributed by atoms with Crippen molar-refractivity contribution in [2.24, 2.45) is 5.92 Å². The summed E-state index contributed by atoms with van der Waals surface area (Å²) in [6, 6.07) is 7.34. The average Bonchev–Trinajstić information content (AvgIpc) is 2.19. The van der Waals surface area contributed by atoms with Crippen LogP contribution in [0.1, 0.15) is 49.8 Å². The summed E-state index contributed by atoms with van der Waals surface area (Å²) in [6.07, 6.45) is 5.37. The highest BCUT2D eigenvalue weighted by molar-refractivity contribution is 9.10. The van der Waals surface area contributed by atoms with Crippen molar-refractivity contribution < 1.29 is 0 Å². The van der Waals surface area contributed by atoms with Gasteiger partial charge in [-0.05, 0) is 61.9 Å². The highest BCUT2D eigenvalue weighted by atomic mass is 79.9. The maximum Gasteiger partial charge on any atom is 0.0349 e. The molecule has 1 unspecified atom stereocenters. The van der Waals surface area contributed by atoms with Crippen molar-refractivity contribution >= 4 is 15.9 Å². The van der Waals surface area contributed by atoms with E-state index in [0.29, 0.717) is 6.04 Å². The Hall–Kier alpha value is -0.340. The first-order valence-corrected chi connectivity index (χ1v) is 7.50. The Labute approximate surface area is 113 Å². The lowest BCUT2D eigenvalue weighted by atomic mass is 9.77. The number of hydrogen-bond donors (Lipinski definition) is 1. The van der Waals surface area contributed by atoms with Gasteiger partial charge in [0.1, 0.15) is 0 Å². The van der Waals surface area contributed by atoms with Gasteiger partial charge in [-0.25, -0.2) is 0 Å². The van der Waals surface area contributed by atoms with Crippen molar-refractivity contribution in [2.45, 2.75) is 45.6 Å². The van der Waals surface area contributed by atoms with Gasteiger partial charge >= 0.3 is 0 Å². The lowest BCUT2D eigenvalue weighted by molar-refractivity contribution is 0.231. The highest BCUT2D eigenvalue weighted by Crippen LogP contribution is 2.38. The van der Waals surface area contributed by atoms with E-state index in [2.05, 4.69) is 53.3 Å². The van der Waals surface area contributed by atoms with E-state index < -0.39 is 0 Å². The van der Waals surface area contributed by atoms with Crippen molar-refractivity contribution in [3.8, 4) is 0 Å². The minimum Gasteiger partial charge on any atom is -0.310 e. The third-order valence-electron chi connectivity index (χ3n) is 3.66. The Balaban J connectivity index is 2.17. The molecular formula is C15H22BrN. The summed E-state index contributed by atoms with van der Waals surface area (Å²) in [5.41, 5.74) is 2.80. The molecule has 0 spiro atoms. The molecule has 1 aromatic carbocycles. The van der Waals surface area contributed by atoms with Crippen LogP contribution in [0.3, 0.4) is 0 Å². The molecule has 0 amide bonds. The Morgan fingerprint density at radius 3 is 2.65 bits per heavy atom. The fraction of sp³-hybridized carbons (Fsp3) is 0.600. The zero-order chi connectivity index (χ0) is 12.3. The predicted molar refractivity (Wildman–Crippen MR) is 77.3 cm³/mol. The monoisotopic (exact) mass is 295 g/mol. The van der Waals surface area contributed by atoms with Gasteiger partial charge < -0.3 is 5.32 Å². The van der Waals surface area contributed by atoms with Gasteiger partial charge in [-0.1, -0.05) is 35.3 Å². The standard InChI is InChI=1S/C15H22BrN/c1-3-7-17-15(12-5-4-6-12)13-8-11(2)9-14(16)10-13/h8-10,12,15,17H,3-7H2,1-2H3. The lowest BCUT2D eigenvalue weighted by Gasteiger charge is -2.35. The highest BCUT2D eigenvalue weighted by Gasteiger charge is 2.28. The van der Waals surface area contributed by atoms with Crippen LogP contribution in [0.4, 0.5) is 0 Å². The van der Waals surface area contributed by atoms with Gasteiger partial charge in [0.05, 0.1) is 0 Å². The number of rotatable bonds is 5. The molecule has 1 saturated carbocycles. The molecule has 0 aromatic heterocycles. The van der Waals surface area contributed by atoms with E-state index in [1.165, 1.54) is 41.3 Å². The maximum atomic E-state index is 3.72. The van der Waals surface area contributed by atoms with Crippen molar-refractivity contribution in [1.29, 1.82) is 0 Å². The van der Waals surface area contributed by atoms with Gasteiger partial charge in [0, 0.05) is 10.5 Å². The molecule has 94 valence electrons. The number of aryl methyl sites for hydroxylation is 1. The second-order valence-electron chi connectivity index (χ2n) is 5.18. The fourth-order valence-corrected chi connectivity index (χ4v) is 3.20. The first-order valence-electron chi connectivity index (χ1n) is 6.71. The van der Waals surface area contributed by atoms with Crippen molar-refractivity contribution in [1.82, 2.24) is 5.32 Å². The van der Waals surface area contributed by atoms with E-state index in [9.17, 15) is 0 Å².